The minimum atomic E-state index is 0.660. The number of nitrogens with one attached hydrogen (secondary N) is 2. The second-order valence-corrected chi connectivity index (χ2v) is 3.03. The molecule has 2 heteroatoms. The Kier molecular flexibility index (Phi) is 5.64. The van der Waals surface area contributed by atoms with E-state index >= 15 is 0 Å². The van der Waals surface area contributed by atoms with E-state index < -0.39 is 0 Å². The SMILES string of the molecule is CNCCC(NC)C(C)C. The molecule has 2 nitrogen and oxygen atoms in total. The molecule has 0 amide bonds. The second kappa shape index (κ2) is 5.69. The lowest BCUT2D eigenvalue weighted by Crippen LogP contribution is -2.33. The Hall–Kier alpha value is -0.0800. The van der Waals surface area contributed by atoms with Gasteiger partial charge >= 0.3 is 0 Å². The molecule has 0 aliphatic carbocycles. The van der Waals surface area contributed by atoms with E-state index in [0.717, 1.165) is 12.5 Å². The summed E-state index contributed by atoms with van der Waals surface area (Å²) in [5.74, 6) is 0.735. The molecular formula is C8H20N2. The van der Waals surface area contributed by atoms with Crippen LogP contribution in [0, 0.1) is 5.92 Å². The molecule has 0 aliphatic heterocycles. The van der Waals surface area contributed by atoms with Crippen molar-refractivity contribution in [3.63, 3.8) is 0 Å². The fourth-order valence-electron chi connectivity index (χ4n) is 1.11. The second-order valence-electron chi connectivity index (χ2n) is 3.03. The van der Waals surface area contributed by atoms with Crippen molar-refractivity contribution in [3.05, 3.63) is 0 Å². The van der Waals surface area contributed by atoms with Crippen molar-refractivity contribution in [1.29, 1.82) is 0 Å². The molecule has 0 spiro atoms. The summed E-state index contributed by atoms with van der Waals surface area (Å²) in [4.78, 5) is 0. The van der Waals surface area contributed by atoms with Crippen LogP contribution in [-0.2, 0) is 0 Å². The number of hydrogen-bond donors (Lipinski definition) is 2. The van der Waals surface area contributed by atoms with Gasteiger partial charge in [-0.15, -0.1) is 0 Å². The van der Waals surface area contributed by atoms with Crippen LogP contribution < -0.4 is 10.6 Å². The van der Waals surface area contributed by atoms with E-state index in [2.05, 4.69) is 24.5 Å². The predicted molar refractivity (Wildman–Crippen MR) is 46.2 cm³/mol. The molecule has 0 aromatic heterocycles. The average Bonchev–Trinajstić information content (AvgIpc) is 1.89. The lowest BCUT2D eigenvalue weighted by molar-refractivity contribution is 0.398. The molecule has 0 saturated carbocycles. The molecule has 0 heterocycles. The van der Waals surface area contributed by atoms with Crippen LogP contribution in [0.1, 0.15) is 20.3 Å². The van der Waals surface area contributed by atoms with E-state index in [4.69, 9.17) is 0 Å². The first kappa shape index (κ1) is 9.92. The zero-order valence-electron chi connectivity index (χ0n) is 7.57. The van der Waals surface area contributed by atoms with Gasteiger partial charge in [0.25, 0.3) is 0 Å². The van der Waals surface area contributed by atoms with Gasteiger partial charge in [-0.05, 0) is 33.0 Å². The first-order valence-electron chi connectivity index (χ1n) is 4.04. The fourth-order valence-corrected chi connectivity index (χ4v) is 1.11. The van der Waals surface area contributed by atoms with Gasteiger partial charge in [0.15, 0.2) is 0 Å². The van der Waals surface area contributed by atoms with Gasteiger partial charge in [-0.2, -0.15) is 0 Å². The molecule has 62 valence electrons. The van der Waals surface area contributed by atoms with Gasteiger partial charge in [0.05, 0.1) is 0 Å². The van der Waals surface area contributed by atoms with Gasteiger partial charge in [-0.1, -0.05) is 13.8 Å². The summed E-state index contributed by atoms with van der Waals surface area (Å²) >= 11 is 0. The van der Waals surface area contributed by atoms with Crippen LogP contribution in [0.4, 0.5) is 0 Å². The maximum Gasteiger partial charge on any atom is 0.00991 e. The molecule has 0 bridgehead atoms. The summed E-state index contributed by atoms with van der Waals surface area (Å²) in [5.41, 5.74) is 0. The summed E-state index contributed by atoms with van der Waals surface area (Å²) in [6.45, 7) is 5.59. The van der Waals surface area contributed by atoms with E-state index in [1.807, 2.05) is 14.1 Å². The highest BCUT2D eigenvalue weighted by atomic mass is 14.9. The molecule has 1 unspecified atom stereocenters. The quantitative estimate of drug-likeness (QED) is 0.597. The third-order valence-corrected chi connectivity index (χ3v) is 1.88. The third-order valence-electron chi connectivity index (χ3n) is 1.88. The van der Waals surface area contributed by atoms with E-state index in [-0.39, 0.29) is 0 Å². The Balaban J connectivity index is 3.40. The minimum absolute atomic E-state index is 0.660. The van der Waals surface area contributed by atoms with E-state index in [1.165, 1.54) is 6.42 Å². The van der Waals surface area contributed by atoms with Crippen molar-refractivity contribution >= 4 is 0 Å². The van der Waals surface area contributed by atoms with Gasteiger partial charge in [-0.25, -0.2) is 0 Å². The van der Waals surface area contributed by atoms with Crippen molar-refractivity contribution < 1.29 is 0 Å². The smallest absolute Gasteiger partial charge is 0.00991 e. The molecule has 0 aromatic carbocycles. The van der Waals surface area contributed by atoms with E-state index in [0.29, 0.717) is 6.04 Å². The van der Waals surface area contributed by atoms with Gasteiger partial charge in [0.1, 0.15) is 0 Å². The van der Waals surface area contributed by atoms with Crippen LogP contribution >= 0.6 is 0 Å². The highest BCUT2D eigenvalue weighted by Crippen LogP contribution is 2.03. The molecule has 0 fully saturated rings. The van der Waals surface area contributed by atoms with Crippen LogP contribution in [-0.4, -0.2) is 26.7 Å². The first-order chi connectivity index (χ1) is 4.72. The fraction of sp³-hybridized carbons (Fsp3) is 1.00. The van der Waals surface area contributed by atoms with Crippen molar-refractivity contribution in [1.82, 2.24) is 10.6 Å². The summed E-state index contributed by atoms with van der Waals surface area (Å²) < 4.78 is 0. The molecule has 10 heavy (non-hydrogen) atoms. The molecule has 2 N–H and O–H groups in total. The average molecular weight is 144 g/mol. The van der Waals surface area contributed by atoms with E-state index in [9.17, 15) is 0 Å². The molecule has 0 aromatic rings. The van der Waals surface area contributed by atoms with Crippen LogP contribution in [0.25, 0.3) is 0 Å². The lowest BCUT2D eigenvalue weighted by atomic mass is 10.0. The minimum Gasteiger partial charge on any atom is -0.320 e. The lowest BCUT2D eigenvalue weighted by Gasteiger charge is -2.19. The summed E-state index contributed by atoms with van der Waals surface area (Å²) in [5, 5.41) is 6.44. The van der Waals surface area contributed by atoms with Crippen LogP contribution in [0.15, 0.2) is 0 Å². The van der Waals surface area contributed by atoms with Gasteiger partial charge < -0.3 is 10.6 Å². The third kappa shape index (κ3) is 3.85. The molecule has 0 saturated heterocycles. The molecule has 0 rings (SSSR count). The molecular weight excluding hydrogens is 124 g/mol. The maximum absolute atomic E-state index is 3.30. The summed E-state index contributed by atoms with van der Waals surface area (Å²) in [6, 6.07) is 0.660. The van der Waals surface area contributed by atoms with E-state index in [1.54, 1.807) is 0 Å². The normalized spacial score (nSPS) is 14.1. The monoisotopic (exact) mass is 144 g/mol. The number of rotatable bonds is 5. The first-order valence-corrected chi connectivity index (χ1v) is 4.04. The predicted octanol–water partition coefficient (Wildman–Crippen LogP) is 0.840. The topological polar surface area (TPSA) is 24.1 Å². The Morgan fingerprint density at radius 2 is 1.80 bits per heavy atom. The van der Waals surface area contributed by atoms with Gasteiger partial charge in [0, 0.05) is 6.04 Å². The van der Waals surface area contributed by atoms with Crippen molar-refractivity contribution in [2.24, 2.45) is 5.92 Å². The zero-order chi connectivity index (χ0) is 7.98. The Morgan fingerprint density at radius 3 is 2.10 bits per heavy atom. The number of hydrogen-bond acceptors (Lipinski definition) is 2. The Labute approximate surface area is 64.4 Å². The summed E-state index contributed by atoms with van der Waals surface area (Å²) in [7, 11) is 4.02. The Bertz CT molecular complexity index is 71.7. The summed E-state index contributed by atoms with van der Waals surface area (Å²) in [6.07, 6.45) is 1.21. The van der Waals surface area contributed by atoms with Gasteiger partial charge in [0.2, 0.25) is 0 Å². The highest BCUT2D eigenvalue weighted by molar-refractivity contribution is 4.68. The Morgan fingerprint density at radius 1 is 1.20 bits per heavy atom. The molecule has 1 atom stereocenters. The standard InChI is InChI=1S/C8H20N2/c1-7(2)8(10-4)5-6-9-3/h7-10H,5-6H2,1-4H3. The van der Waals surface area contributed by atoms with Crippen LogP contribution in [0.5, 0.6) is 0 Å². The van der Waals surface area contributed by atoms with Crippen molar-refractivity contribution in [3.8, 4) is 0 Å². The molecule has 0 radical (unpaired) electrons. The van der Waals surface area contributed by atoms with Crippen LogP contribution in [0.2, 0.25) is 0 Å². The van der Waals surface area contributed by atoms with Crippen LogP contribution in [0.3, 0.4) is 0 Å². The molecule has 0 aliphatic rings. The zero-order valence-corrected chi connectivity index (χ0v) is 7.57. The highest BCUT2D eigenvalue weighted by Gasteiger charge is 2.08. The maximum atomic E-state index is 3.30. The van der Waals surface area contributed by atoms with Gasteiger partial charge in [-0.3, -0.25) is 0 Å². The van der Waals surface area contributed by atoms with Crippen molar-refractivity contribution in [2.45, 2.75) is 26.3 Å². The van der Waals surface area contributed by atoms with Crippen molar-refractivity contribution in [2.75, 3.05) is 20.6 Å². The largest absolute Gasteiger partial charge is 0.320 e.